The van der Waals surface area contributed by atoms with Crippen molar-refractivity contribution in [3.05, 3.63) is 0 Å². The van der Waals surface area contributed by atoms with Crippen molar-refractivity contribution in [2.24, 2.45) is 5.73 Å². The Kier molecular flexibility index (Phi) is 6.33. The van der Waals surface area contributed by atoms with Gasteiger partial charge in [-0.2, -0.15) is 0 Å². The predicted octanol–water partition coefficient (Wildman–Crippen LogP) is 1.13. The molecule has 3 N–H and O–H groups in total. The highest BCUT2D eigenvalue weighted by Gasteiger charge is 2.14. The van der Waals surface area contributed by atoms with E-state index in [1.165, 1.54) is 6.42 Å². The highest BCUT2D eigenvalue weighted by Crippen LogP contribution is 2.16. The van der Waals surface area contributed by atoms with Gasteiger partial charge in [0.15, 0.2) is 0 Å². The second-order valence-electron chi connectivity index (χ2n) is 4.09. The Morgan fingerprint density at radius 3 is 2.88 bits per heavy atom. The lowest BCUT2D eigenvalue weighted by atomic mass is 10.0. The molecule has 0 bridgehead atoms. The van der Waals surface area contributed by atoms with Crippen molar-refractivity contribution in [2.45, 2.75) is 44.6 Å². The maximum atomic E-state index is 11.4. The Labute approximate surface area is 102 Å². The van der Waals surface area contributed by atoms with Gasteiger partial charge in [0.25, 0.3) is 0 Å². The third-order valence-electron chi connectivity index (χ3n) is 2.66. The van der Waals surface area contributed by atoms with Gasteiger partial charge in [0.2, 0.25) is 5.91 Å². The van der Waals surface area contributed by atoms with Gasteiger partial charge in [-0.1, -0.05) is 12.2 Å². The van der Waals surface area contributed by atoms with Gasteiger partial charge in [-0.15, -0.1) is 0 Å². The molecular formula is C11H20N2O2S. The number of rotatable bonds is 6. The Morgan fingerprint density at radius 2 is 2.25 bits per heavy atom. The minimum atomic E-state index is 0.0606. The summed E-state index contributed by atoms with van der Waals surface area (Å²) in [5, 5.41) is 2.79. The van der Waals surface area contributed by atoms with Crippen molar-refractivity contribution in [1.29, 1.82) is 0 Å². The van der Waals surface area contributed by atoms with Crippen molar-refractivity contribution < 1.29 is 9.53 Å². The minimum Gasteiger partial charge on any atom is -0.393 e. The first-order valence-corrected chi connectivity index (χ1v) is 6.26. The fourth-order valence-corrected chi connectivity index (χ4v) is 1.84. The number of hydrogen-bond acceptors (Lipinski definition) is 3. The summed E-state index contributed by atoms with van der Waals surface area (Å²) in [7, 11) is 0. The summed E-state index contributed by atoms with van der Waals surface area (Å²) in [5.74, 6) is 0.0606. The zero-order valence-corrected chi connectivity index (χ0v) is 10.4. The molecule has 1 saturated heterocycles. The highest BCUT2D eigenvalue weighted by molar-refractivity contribution is 7.80. The van der Waals surface area contributed by atoms with Gasteiger partial charge < -0.3 is 15.8 Å². The van der Waals surface area contributed by atoms with Crippen molar-refractivity contribution in [1.82, 2.24) is 5.32 Å². The number of carbonyl (C=O) groups excluding carboxylic acids is 1. The van der Waals surface area contributed by atoms with Crippen LogP contribution in [0.3, 0.4) is 0 Å². The van der Waals surface area contributed by atoms with E-state index < -0.39 is 0 Å². The van der Waals surface area contributed by atoms with Crippen LogP contribution in [0.5, 0.6) is 0 Å². The van der Waals surface area contributed by atoms with Crippen LogP contribution in [0.15, 0.2) is 0 Å². The summed E-state index contributed by atoms with van der Waals surface area (Å²) in [5.41, 5.74) is 5.33. The van der Waals surface area contributed by atoms with Gasteiger partial charge in [-0.3, -0.25) is 4.79 Å². The molecule has 0 aromatic heterocycles. The van der Waals surface area contributed by atoms with E-state index in [-0.39, 0.29) is 12.0 Å². The molecule has 0 aliphatic carbocycles. The maximum absolute atomic E-state index is 11.4. The molecule has 1 heterocycles. The number of nitrogens with one attached hydrogen (secondary N) is 1. The van der Waals surface area contributed by atoms with Crippen LogP contribution in [0.4, 0.5) is 0 Å². The largest absolute Gasteiger partial charge is 0.393 e. The Morgan fingerprint density at radius 1 is 1.44 bits per heavy atom. The number of nitrogens with two attached hydrogens (primary N) is 1. The smallest absolute Gasteiger partial charge is 0.220 e. The predicted molar refractivity (Wildman–Crippen MR) is 67.2 cm³/mol. The van der Waals surface area contributed by atoms with Crippen LogP contribution in [0.1, 0.15) is 38.5 Å². The van der Waals surface area contributed by atoms with Crippen LogP contribution in [0.25, 0.3) is 0 Å². The van der Waals surface area contributed by atoms with E-state index in [0.29, 0.717) is 24.4 Å². The first-order chi connectivity index (χ1) is 7.68. The molecule has 1 unspecified atom stereocenters. The lowest BCUT2D eigenvalue weighted by molar-refractivity contribution is -0.122. The second kappa shape index (κ2) is 7.57. The average Bonchev–Trinajstić information content (AvgIpc) is 2.27. The molecular weight excluding hydrogens is 224 g/mol. The summed E-state index contributed by atoms with van der Waals surface area (Å²) in [6.45, 7) is 1.38. The van der Waals surface area contributed by atoms with E-state index in [2.05, 4.69) is 5.32 Å². The van der Waals surface area contributed by atoms with Gasteiger partial charge >= 0.3 is 0 Å². The molecule has 16 heavy (non-hydrogen) atoms. The molecule has 1 aliphatic heterocycles. The molecule has 4 nitrogen and oxygen atoms in total. The lowest BCUT2D eigenvalue weighted by Crippen LogP contribution is -2.29. The number of carbonyl (C=O) groups is 1. The van der Waals surface area contributed by atoms with Crippen LogP contribution in [-0.2, 0) is 9.53 Å². The Balaban J connectivity index is 2.02. The molecule has 92 valence electrons. The molecule has 1 amide bonds. The monoisotopic (exact) mass is 244 g/mol. The number of thiocarbonyl (C=S) groups is 1. The van der Waals surface area contributed by atoms with Crippen LogP contribution in [-0.4, -0.2) is 30.2 Å². The molecule has 5 heteroatoms. The average molecular weight is 244 g/mol. The van der Waals surface area contributed by atoms with Crippen LogP contribution in [0, 0.1) is 0 Å². The van der Waals surface area contributed by atoms with Crippen LogP contribution in [0.2, 0.25) is 0 Å². The van der Waals surface area contributed by atoms with E-state index in [1.807, 2.05) is 0 Å². The van der Waals surface area contributed by atoms with Gasteiger partial charge in [-0.25, -0.2) is 0 Å². The molecule has 1 rings (SSSR count). The van der Waals surface area contributed by atoms with Crippen molar-refractivity contribution in [3.8, 4) is 0 Å². The number of hydrogen-bond donors (Lipinski definition) is 2. The summed E-state index contributed by atoms with van der Waals surface area (Å²) >= 11 is 4.72. The maximum Gasteiger partial charge on any atom is 0.220 e. The summed E-state index contributed by atoms with van der Waals surface area (Å²) < 4.78 is 5.55. The zero-order chi connectivity index (χ0) is 11.8. The first-order valence-electron chi connectivity index (χ1n) is 5.85. The topological polar surface area (TPSA) is 64.3 Å². The van der Waals surface area contributed by atoms with Crippen molar-refractivity contribution in [3.63, 3.8) is 0 Å². The Bertz CT molecular complexity index is 240. The van der Waals surface area contributed by atoms with E-state index >= 15 is 0 Å². The quantitative estimate of drug-likeness (QED) is 0.687. The van der Waals surface area contributed by atoms with E-state index in [9.17, 15) is 4.79 Å². The summed E-state index contributed by atoms with van der Waals surface area (Å²) in [6.07, 6.45) is 5.64. The van der Waals surface area contributed by atoms with Gasteiger partial charge in [0.05, 0.1) is 11.1 Å². The second-order valence-corrected chi connectivity index (χ2v) is 4.62. The summed E-state index contributed by atoms with van der Waals surface area (Å²) in [6, 6.07) is 0. The fourth-order valence-electron chi connectivity index (χ4n) is 1.74. The van der Waals surface area contributed by atoms with Crippen LogP contribution >= 0.6 is 12.2 Å². The zero-order valence-electron chi connectivity index (χ0n) is 9.54. The molecule has 0 radical (unpaired) electrons. The van der Waals surface area contributed by atoms with Gasteiger partial charge in [0.1, 0.15) is 0 Å². The van der Waals surface area contributed by atoms with Gasteiger partial charge in [0, 0.05) is 26.0 Å². The van der Waals surface area contributed by atoms with Crippen molar-refractivity contribution in [2.75, 3.05) is 13.2 Å². The lowest BCUT2D eigenvalue weighted by Gasteiger charge is -2.22. The standard InChI is InChI=1S/C11H20N2O2S/c12-10(16)6-7-13-11(14)5-4-9-3-1-2-8-15-9/h9H,1-8H2,(H2,12,16)(H,13,14). The van der Waals surface area contributed by atoms with E-state index in [1.54, 1.807) is 0 Å². The number of ether oxygens (including phenoxy) is 1. The normalized spacial score (nSPS) is 20.4. The highest BCUT2D eigenvalue weighted by atomic mass is 32.1. The molecule has 1 aliphatic rings. The third kappa shape index (κ3) is 6.02. The molecule has 0 spiro atoms. The summed E-state index contributed by atoms with van der Waals surface area (Å²) in [4.78, 5) is 11.9. The molecule has 0 aromatic rings. The minimum absolute atomic E-state index is 0.0606. The first kappa shape index (κ1) is 13.4. The fraction of sp³-hybridized carbons (Fsp3) is 0.818. The van der Waals surface area contributed by atoms with E-state index in [0.717, 1.165) is 25.9 Å². The molecule has 0 saturated carbocycles. The van der Waals surface area contributed by atoms with Crippen LogP contribution < -0.4 is 11.1 Å². The molecule has 1 atom stereocenters. The Hall–Kier alpha value is -0.680. The van der Waals surface area contributed by atoms with Crippen molar-refractivity contribution >= 4 is 23.1 Å². The van der Waals surface area contributed by atoms with Gasteiger partial charge in [-0.05, 0) is 25.7 Å². The molecule has 0 aromatic carbocycles. The third-order valence-corrected chi connectivity index (χ3v) is 2.87. The van der Waals surface area contributed by atoms with E-state index in [4.69, 9.17) is 22.7 Å². The SMILES string of the molecule is NC(=S)CCNC(=O)CCC1CCCCO1. The number of amides is 1. The molecule has 1 fully saturated rings.